The van der Waals surface area contributed by atoms with Gasteiger partial charge in [-0.3, -0.25) is 9.59 Å². The van der Waals surface area contributed by atoms with E-state index in [0.29, 0.717) is 13.0 Å². The van der Waals surface area contributed by atoms with Gasteiger partial charge in [-0.05, 0) is 12.8 Å². The molecule has 0 unspecified atom stereocenters. The van der Waals surface area contributed by atoms with Gasteiger partial charge in [-0.15, -0.1) is 0 Å². The van der Waals surface area contributed by atoms with Crippen LogP contribution >= 0.6 is 0 Å². The highest BCUT2D eigenvalue weighted by atomic mass is 16.4. The molecule has 1 N–H and O–H groups in total. The van der Waals surface area contributed by atoms with Crippen LogP contribution in [0.2, 0.25) is 0 Å². The molecule has 0 saturated carbocycles. The number of unbranched alkanes of at least 4 members (excludes halogenated alkanes) is 9. The van der Waals surface area contributed by atoms with Crippen molar-refractivity contribution < 1.29 is 14.7 Å². The molecule has 0 aromatic carbocycles. The Morgan fingerprint density at radius 1 is 0.773 bits per heavy atom. The summed E-state index contributed by atoms with van der Waals surface area (Å²) >= 11 is 0. The summed E-state index contributed by atoms with van der Waals surface area (Å²) in [5, 5.41) is 8.93. The topological polar surface area (TPSA) is 57.6 Å². The van der Waals surface area contributed by atoms with Crippen LogP contribution in [-0.4, -0.2) is 35.0 Å². The number of carbonyl (C=O) groups is 2. The van der Waals surface area contributed by atoms with Gasteiger partial charge in [-0.1, -0.05) is 71.6 Å². The predicted octanol–water partition coefficient (Wildman–Crippen LogP) is 4.62. The van der Waals surface area contributed by atoms with Gasteiger partial charge in [0.15, 0.2) is 0 Å². The largest absolute Gasteiger partial charge is 0.480 e. The second-order valence-corrected chi connectivity index (χ2v) is 6.14. The molecule has 0 saturated heterocycles. The minimum absolute atomic E-state index is 0.00690. The highest BCUT2D eigenvalue weighted by molar-refractivity contribution is 5.81. The number of carboxylic acid groups (broad SMARTS) is 1. The van der Waals surface area contributed by atoms with Crippen LogP contribution in [0, 0.1) is 0 Å². The van der Waals surface area contributed by atoms with Crippen LogP contribution in [0.3, 0.4) is 0 Å². The Balaban J connectivity index is 3.87. The third-order valence-corrected chi connectivity index (χ3v) is 3.95. The molecule has 1 amide bonds. The lowest BCUT2D eigenvalue weighted by Crippen LogP contribution is -2.36. The molecule has 0 aromatic rings. The summed E-state index contributed by atoms with van der Waals surface area (Å²) in [6.45, 7) is 4.78. The van der Waals surface area contributed by atoms with Gasteiger partial charge < -0.3 is 10.0 Å². The lowest BCUT2D eigenvalue weighted by molar-refractivity contribution is -0.144. The first-order valence-electron chi connectivity index (χ1n) is 9.11. The Morgan fingerprint density at radius 3 is 1.82 bits per heavy atom. The molecule has 0 rings (SSSR count). The number of nitrogens with zero attached hydrogens (tertiary/aromatic N) is 1. The number of carbonyl (C=O) groups excluding carboxylic acids is 1. The number of amides is 1. The zero-order valence-corrected chi connectivity index (χ0v) is 14.6. The average molecular weight is 313 g/mol. The lowest BCUT2D eigenvalue weighted by Gasteiger charge is -2.20. The Labute approximate surface area is 136 Å². The fourth-order valence-electron chi connectivity index (χ4n) is 2.58. The highest BCUT2D eigenvalue weighted by Crippen LogP contribution is 2.10. The van der Waals surface area contributed by atoms with E-state index in [1.54, 1.807) is 0 Å². The maximum Gasteiger partial charge on any atom is 0.323 e. The summed E-state index contributed by atoms with van der Waals surface area (Å²) < 4.78 is 0. The van der Waals surface area contributed by atoms with E-state index in [-0.39, 0.29) is 12.5 Å². The van der Waals surface area contributed by atoms with Crippen molar-refractivity contribution >= 4 is 11.9 Å². The third kappa shape index (κ3) is 12.7. The van der Waals surface area contributed by atoms with E-state index in [4.69, 9.17) is 5.11 Å². The molecule has 0 aliphatic carbocycles. The number of aliphatic carboxylic acids is 1. The van der Waals surface area contributed by atoms with Crippen molar-refractivity contribution in [3.63, 3.8) is 0 Å². The van der Waals surface area contributed by atoms with Crippen LogP contribution < -0.4 is 0 Å². The van der Waals surface area contributed by atoms with Gasteiger partial charge in [0.25, 0.3) is 0 Å². The number of hydrogen-bond acceptors (Lipinski definition) is 2. The van der Waals surface area contributed by atoms with Crippen molar-refractivity contribution in [3.8, 4) is 0 Å². The molecule has 4 heteroatoms. The number of carboxylic acids is 1. The van der Waals surface area contributed by atoms with E-state index in [9.17, 15) is 9.59 Å². The molecule has 0 aliphatic heterocycles. The maximum absolute atomic E-state index is 12.1. The van der Waals surface area contributed by atoms with Crippen molar-refractivity contribution in [2.75, 3.05) is 13.1 Å². The normalized spacial score (nSPS) is 10.6. The zero-order valence-electron chi connectivity index (χ0n) is 14.6. The lowest BCUT2D eigenvalue weighted by atomic mass is 10.1. The quantitative estimate of drug-likeness (QED) is 0.449. The number of hydrogen-bond donors (Lipinski definition) is 1. The molecule has 0 aromatic heterocycles. The van der Waals surface area contributed by atoms with Crippen LogP contribution in [0.15, 0.2) is 0 Å². The van der Waals surface area contributed by atoms with Crippen molar-refractivity contribution in [3.05, 3.63) is 0 Å². The molecule has 0 bridgehead atoms. The van der Waals surface area contributed by atoms with E-state index < -0.39 is 5.97 Å². The van der Waals surface area contributed by atoms with Crippen LogP contribution in [0.1, 0.15) is 90.9 Å². The van der Waals surface area contributed by atoms with Gasteiger partial charge >= 0.3 is 5.97 Å². The van der Waals surface area contributed by atoms with Crippen molar-refractivity contribution in [2.24, 2.45) is 0 Å². The molecule has 0 radical (unpaired) electrons. The van der Waals surface area contributed by atoms with E-state index in [1.165, 1.54) is 37.0 Å². The highest BCUT2D eigenvalue weighted by Gasteiger charge is 2.15. The smallest absolute Gasteiger partial charge is 0.323 e. The van der Waals surface area contributed by atoms with E-state index in [1.807, 2.05) is 0 Å². The predicted molar refractivity (Wildman–Crippen MR) is 91.0 cm³/mol. The van der Waals surface area contributed by atoms with Gasteiger partial charge in [0.1, 0.15) is 6.54 Å². The monoisotopic (exact) mass is 313 g/mol. The second kappa shape index (κ2) is 14.9. The van der Waals surface area contributed by atoms with E-state index in [2.05, 4.69) is 13.8 Å². The zero-order chi connectivity index (χ0) is 16.6. The van der Waals surface area contributed by atoms with E-state index >= 15 is 0 Å². The molecule has 130 valence electrons. The summed E-state index contributed by atoms with van der Waals surface area (Å²) in [5.74, 6) is -0.907. The maximum atomic E-state index is 12.1. The molecule has 0 aliphatic rings. The standard InChI is InChI=1S/C18H35NO3/c1-3-5-7-9-10-11-12-14-17(20)19(16-18(21)22)15-13-8-6-4-2/h3-16H2,1-2H3,(H,21,22). The van der Waals surface area contributed by atoms with Crippen molar-refractivity contribution in [1.82, 2.24) is 4.90 Å². The molecular weight excluding hydrogens is 278 g/mol. The molecular formula is C18H35NO3. The molecule has 0 heterocycles. The van der Waals surface area contributed by atoms with Crippen molar-refractivity contribution in [1.29, 1.82) is 0 Å². The summed E-state index contributed by atoms with van der Waals surface area (Å²) in [5.41, 5.74) is 0. The molecule has 0 fully saturated rings. The SMILES string of the molecule is CCCCCCCCCC(=O)N(CCCCCC)CC(=O)O. The summed E-state index contributed by atoms with van der Waals surface area (Å²) in [4.78, 5) is 24.5. The average Bonchev–Trinajstić information content (AvgIpc) is 2.49. The number of rotatable bonds is 15. The fraction of sp³-hybridized carbons (Fsp3) is 0.889. The summed E-state index contributed by atoms with van der Waals surface area (Å²) in [6.07, 6.45) is 13.0. The Hall–Kier alpha value is -1.06. The van der Waals surface area contributed by atoms with Gasteiger partial charge in [0.05, 0.1) is 0 Å². The first kappa shape index (κ1) is 20.9. The Morgan fingerprint density at radius 2 is 1.27 bits per heavy atom. The van der Waals surface area contributed by atoms with Gasteiger partial charge in [-0.25, -0.2) is 0 Å². The third-order valence-electron chi connectivity index (χ3n) is 3.95. The summed E-state index contributed by atoms with van der Waals surface area (Å²) in [7, 11) is 0. The van der Waals surface area contributed by atoms with Crippen LogP contribution in [-0.2, 0) is 9.59 Å². The van der Waals surface area contributed by atoms with Gasteiger partial charge in [0.2, 0.25) is 5.91 Å². The van der Waals surface area contributed by atoms with Gasteiger partial charge in [-0.2, -0.15) is 0 Å². The Kier molecular flexibility index (Phi) is 14.1. The van der Waals surface area contributed by atoms with Crippen LogP contribution in [0.5, 0.6) is 0 Å². The molecule has 22 heavy (non-hydrogen) atoms. The van der Waals surface area contributed by atoms with Crippen LogP contribution in [0.4, 0.5) is 0 Å². The Bertz CT molecular complexity index is 292. The summed E-state index contributed by atoms with van der Waals surface area (Å²) in [6, 6.07) is 0. The first-order chi connectivity index (χ1) is 10.6. The minimum Gasteiger partial charge on any atom is -0.480 e. The van der Waals surface area contributed by atoms with Crippen LogP contribution in [0.25, 0.3) is 0 Å². The first-order valence-corrected chi connectivity index (χ1v) is 9.11. The van der Waals surface area contributed by atoms with Gasteiger partial charge in [0, 0.05) is 13.0 Å². The molecule has 0 spiro atoms. The molecule has 4 nitrogen and oxygen atoms in total. The molecule has 0 atom stereocenters. The second-order valence-electron chi connectivity index (χ2n) is 6.14. The minimum atomic E-state index is -0.914. The fourth-order valence-corrected chi connectivity index (χ4v) is 2.58. The van der Waals surface area contributed by atoms with Crippen molar-refractivity contribution in [2.45, 2.75) is 90.9 Å². The van der Waals surface area contributed by atoms with E-state index in [0.717, 1.165) is 38.5 Å².